The van der Waals surface area contributed by atoms with E-state index in [2.05, 4.69) is 14.9 Å². The molecule has 9 heteroatoms. The summed E-state index contributed by atoms with van der Waals surface area (Å²) in [5.41, 5.74) is 5.97. The van der Waals surface area contributed by atoms with Crippen molar-refractivity contribution in [3.63, 3.8) is 0 Å². The van der Waals surface area contributed by atoms with Crippen molar-refractivity contribution < 1.29 is 39.4 Å². The average molecular weight is 309 g/mol. The normalized spacial score (nSPS) is 10.6. The molecule has 0 radical (unpaired) electrons. The maximum absolute atomic E-state index is 11.9. The van der Waals surface area contributed by atoms with Crippen molar-refractivity contribution >= 4 is 33.1 Å². The summed E-state index contributed by atoms with van der Waals surface area (Å²) in [4.78, 5) is 0.0912. The fraction of sp³-hybridized carbons (Fsp3) is 0. The third-order valence-electron chi connectivity index (χ3n) is 2.06. The molecule has 0 saturated carbocycles. The molecule has 0 atom stereocenters. The minimum Gasteiger partial charge on any atom is -1.00 e. The second-order valence-corrected chi connectivity index (χ2v) is 5.49. The predicted octanol–water partition coefficient (Wildman–Crippen LogP) is -1.37. The van der Waals surface area contributed by atoms with Crippen LogP contribution in [-0.4, -0.2) is 18.6 Å². The van der Waals surface area contributed by atoms with Crippen molar-refractivity contribution in [2.24, 2.45) is 0 Å². The molecule has 0 bridgehead atoms. The van der Waals surface area contributed by atoms with Gasteiger partial charge in [-0.2, -0.15) is 0 Å². The van der Waals surface area contributed by atoms with Gasteiger partial charge >= 0.3 is 29.6 Å². The van der Waals surface area contributed by atoms with Gasteiger partial charge in [-0.1, -0.05) is 11.6 Å². The maximum Gasteiger partial charge on any atom is 1.00 e. The molecule has 0 aliphatic carbocycles. The van der Waals surface area contributed by atoms with E-state index in [-0.39, 0.29) is 46.9 Å². The van der Waals surface area contributed by atoms with Crippen molar-refractivity contribution in [1.29, 1.82) is 0 Å². The van der Waals surface area contributed by atoms with Crippen LogP contribution in [0.1, 0.15) is 1.43 Å². The van der Waals surface area contributed by atoms with Crippen LogP contribution in [0.3, 0.4) is 0 Å². The molecule has 0 fully saturated rings. The molecule has 19 heavy (non-hydrogen) atoms. The number of halogens is 1. The van der Waals surface area contributed by atoms with Crippen molar-refractivity contribution in [1.82, 2.24) is 10.2 Å². The van der Waals surface area contributed by atoms with Crippen molar-refractivity contribution in [3.05, 3.63) is 41.6 Å². The summed E-state index contributed by atoms with van der Waals surface area (Å²) in [6.07, 6.45) is 0. The molecule has 0 aliphatic heterocycles. The summed E-state index contributed by atoms with van der Waals surface area (Å²) in [5, 5.41) is 7.33. The van der Waals surface area contributed by atoms with Gasteiger partial charge < -0.3 is 7.16 Å². The first kappa shape index (κ1) is 16.2. The van der Waals surface area contributed by atoms with E-state index in [4.69, 9.17) is 17.3 Å². The van der Waals surface area contributed by atoms with Gasteiger partial charge in [-0.05, 0) is 36.4 Å². The summed E-state index contributed by atoms with van der Waals surface area (Å²) in [6.45, 7) is 0. The van der Waals surface area contributed by atoms with E-state index in [0.717, 1.165) is 0 Å². The Morgan fingerprint density at radius 3 is 2.26 bits per heavy atom. The predicted molar refractivity (Wildman–Crippen MR) is 69.8 cm³/mol. The van der Waals surface area contributed by atoms with E-state index >= 15 is 0 Å². The van der Waals surface area contributed by atoms with Crippen LogP contribution in [0, 0.1) is 0 Å². The van der Waals surface area contributed by atoms with Gasteiger partial charge in [0.2, 0.25) is 0 Å². The van der Waals surface area contributed by atoms with Gasteiger partial charge in [-0.15, -0.1) is 10.2 Å². The third kappa shape index (κ3) is 4.32. The quantitative estimate of drug-likeness (QED) is 0.538. The fourth-order valence-electron chi connectivity index (χ4n) is 1.21. The molecule has 0 saturated heterocycles. The molecule has 1 heterocycles. The Balaban J connectivity index is 0.00000180. The topological polar surface area (TPSA) is 98.0 Å². The van der Waals surface area contributed by atoms with Crippen LogP contribution in [0.4, 0.5) is 11.5 Å². The SMILES string of the molecule is Nc1ccc(S(=O)(=O)Nc2ccc(Cl)nn2)cc1.[H-].[Na+]. The van der Waals surface area contributed by atoms with E-state index in [0.29, 0.717) is 5.69 Å². The Morgan fingerprint density at radius 2 is 1.74 bits per heavy atom. The summed E-state index contributed by atoms with van der Waals surface area (Å²) in [6, 6.07) is 8.67. The molecule has 1 aromatic carbocycles. The molecule has 6 nitrogen and oxygen atoms in total. The van der Waals surface area contributed by atoms with E-state index in [9.17, 15) is 8.42 Å². The smallest absolute Gasteiger partial charge is 1.00 e. The summed E-state index contributed by atoms with van der Waals surface area (Å²) < 4.78 is 26.2. The van der Waals surface area contributed by atoms with E-state index in [1.165, 1.54) is 36.4 Å². The summed E-state index contributed by atoms with van der Waals surface area (Å²) in [7, 11) is -3.69. The number of rotatable bonds is 3. The number of sulfonamides is 1. The number of nitrogens with two attached hydrogens (primary N) is 1. The number of nitrogens with one attached hydrogen (secondary N) is 1. The first-order chi connectivity index (χ1) is 8.47. The molecule has 0 aliphatic rings. The van der Waals surface area contributed by atoms with Gasteiger partial charge in [0.15, 0.2) is 11.0 Å². The number of hydrogen-bond acceptors (Lipinski definition) is 5. The molecule has 1 aromatic heterocycles. The number of hydrogen-bond donors (Lipinski definition) is 2. The number of aromatic nitrogens is 2. The van der Waals surface area contributed by atoms with Crippen LogP contribution in [0.15, 0.2) is 41.3 Å². The largest absolute Gasteiger partial charge is 1.00 e. The molecule has 96 valence electrons. The Kier molecular flexibility index (Phi) is 5.57. The molecular weight excluding hydrogens is 299 g/mol. The van der Waals surface area contributed by atoms with Crippen LogP contribution in [0.25, 0.3) is 0 Å². The second kappa shape index (κ2) is 6.53. The van der Waals surface area contributed by atoms with Crippen LogP contribution in [-0.2, 0) is 10.0 Å². The molecule has 2 aromatic rings. The van der Waals surface area contributed by atoms with Crippen LogP contribution >= 0.6 is 11.6 Å². The minimum atomic E-state index is -3.69. The average Bonchev–Trinajstić information content (AvgIpc) is 2.32. The first-order valence-electron chi connectivity index (χ1n) is 4.85. The van der Waals surface area contributed by atoms with E-state index < -0.39 is 10.0 Å². The summed E-state index contributed by atoms with van der Waals surface area (Å²) in [5.74, 6) is 0.0937. The van der Waals surface area contributed by atoms with Gasteiger partial charge in [0, 0.05) is 5.69 Å². The molecule has 2 rings (SSSR count). The van der Waals surface area contributed by atoms with E-state index in [1.807, 2.05) is 0 Å². The Morgan fingerprint density at radius 1 is 1.11 bits per heavy atom. The van der Waals surface area contributed by atoms with Crippen LogP contribution < -0.4 is 40.0 Å². The number of benzene rings is 1. The molecule has 0 unspecified atom stereocenters. The van der Waals surface area contributed by atoms with Crippen molar-refractivity contribution in [2.45, 2.75) is 4.90 Å². The molecule has 0 spiro atoms. The molecular formula is C10H10ClN4NaO2S. The number of nitrogens with zero attached hydrogens (tertiary/aromatic N) is 2. The van der Waals surface area contributed by atoms with Gasteiger partial charge in [-0.25, -0.2) is 8.42 Å². The van der Waals surface area contributed by atoms with Crippen molar-refractivity contribution in [2.75, 3.05) is 10.5 Å². The van der Waals surface area contributed by atoms with Gasteiger partial charge in [-0.3, -0.25) is 4.72 Å². The monoisotopic (exact) mass is 308 g/mol. The molecule has 0 amide bonds. The summed E-state index contributed by atoms with van der Waals surface area (Å²) >= 11 is 5.55. The molecule has 3 N–H and O–H groups in total. The number of anilines is 2. The number of nitrogen functional groups attached to an aromatic ring is 1. The second-order valence-electron chi connectivity index (χ2n) is 3.42. The Hall–Kier alpha value is -0.860. The standard InChI is InChI=1S/C10H9ClN4O2S.Na.H/c11-9-5-6-10(14-13-9)15-18(16,17)8-3-1-7(12)2-4-8;;/h1-6H,12H2,(H,14,15);;/q;+1;-1. The third-order valence-corrected chi connectivity index (χ3v) is 3.63. The first-order valence-corrected chi connectivity index (χ1v) is 6.71. The van der Waals surface area contributed by atoms with Gasteiger partial charge in [0.05, 0.1) is 4.90 Å². The van der Waals surface area contributed by atoms with Gasteiger partial charge in [0.25, 0.3) is 10.0 Å². The van der Waals surface area contributed by atoms with E-state index in [1.54, 1.807) is 0 Å². The van der Waals surface area contributed by atoms with Crippen LogP contribution in [0.5, 0.6) is 0 Å². The van der Waals surface area contributed by atoms with Crippen LogP contribution in [0.2, 0.25) is 5.15 Å². The zero-order valence-electron chi connectivity index (χ0n) is 11.0. The zero-order valence-corrected chi connectivity index (χ0v) is 13.6. The van der Waals surface area contributed by atoms with Crippen molar-refractivity contribution in [3.8, 4) is 0 Å². The van der Waals surface area contributed by atoms with Gasteiger partial charge in [0.1, 0.15) is 0 Å². The fourth-order valence-corrected chi connectivity index (χ4v) is 2.31. The Labute approximate surface area is 139 Å². The zero-order chi connectivity index (χ0) is 13.2. The Bertz CT molecular complexity index is 652. The minimum absolute atomic E-state index is 0. The maximum atomic E-state index is 11.9.